The van der Waals surface area contributed by atoms with Crippen molar-refractivity contribution in [1.29, 1.82) is 0 Å². The Balaban J connectivity index is 1.52. The van der Waals surface area contributed by atoms with Crippen molar-refractivity contribution < 1.29 is 14.3 Å². The van der Waals surface area contributed by atoms with E-state index in [0.29, 0.717) is 24.7 Å². The molecule has 0 atom stereocenters. The van der Waals surface area contributed by atoms with Crippen molar-refractivity contribution in [1.82, 2.24) is 14.7 Å². The first kappa shape index (κ1) is 22.4. The Morgan fingerprint density at radius 2 is 1.94 bits per heavy atom. The maximum Gasteiger partial charge on any atom is 0.286 e. The molecule has 0 aliphatic carbocycles. The minimum Gasteiger partial charge on any atom is -0.494 e. The van der Waals surface area contributed by atoms with E-state index in [1.165, 1.54) is 11.8 Å². The van der Waals surface area contributed by atoms with Gasteiger partial charge in [-0.25, -0.2) is 4.68 Å². The number of amides is 1. The standard InChI is InChI=1S/C26H26N4O3S/c1-3-33-22-10-9-19(15-18(22)2)24-20(17-30(28-24)21-7-5-4-6-8-21)16-23-25(31)27-26(34-23)29-11-13-32-14-12-29/h4-10,15-17H,3,11-14H2,1-2H3. The van der Waals surface area contributed by atoms with Crippen molar-refractivity contribution in [3.05, 3.63) is 70.8 Å². The van der Waals surface area contributed by atoms with Crippen molar-refractivity contribution in [3.63, 3.8) is 0 Å². The topological polar surface area (TPSA) is 68.9 Å². The van der Waals surface area contributed by atoms with E-state index in [0.717, 1.165) is 52.1 Å². The van der Waals surface area contributed by atoms with Crippen LogP contribution in [0.2, 0.25) is 0 Å². The zero-order valence-corrected chi connectivity index (χ0v) is 20.0. The molecule has 174 valence electrons. The van der Waals surface area contributed by atoms with Gasteiger partial charge in [-0.3, -0.25) is 4.79 Å². The molecule has 0 radical (unpaired) electrons. The molecule has 2 aliphatic rings. The smallest absolute Gasteiger partial charge is 0.286 e. The van der Waals surface area contributed by atoms with Gasteiger partial charge in [-0.05, 0) is 67.6 Å². The molecule has 0 unspecified atom stereocenters. The number of morpholine rings is 1. The van der Waals surface area contributed by atoms with Gasteiger partial charge in [0.1, 0.15) is 11.4 Å². The molecule has 3 aromatic rings. The number of para-hydroxylation sites is 1. The Hall–Kier alpha value is -3.36. The number of carbonyl (C=O) groups is 1. The summed E-state index contributed by atoms with van der Waals surface area (Å²) in [5.41, 5.74) is 4.62. The molecule has 1 amide bonds. The minimum atomic E-state index is -0.215. The number of ether oxygens (including phenoxy) is 2. The van der Waals surface area contributed by atoms with E-state index in [-0.39, 0.29) is 5.91 Å². The zero-order valence-electron chi connectivity index (χ0n) is 19.2. The molecule has 5 rings (SSSR count). The highest BCUT2D eigenvalue weighted by Gasteiger charge is 2.28. The van der Waals surface area contributed by atoms with Crippen LogP contribution in [-0.2, 0) is 9.53 Å². The lowest BCUT2D eigenvalue weighted by Crippen LogP contribution is -2.38. The predicted molar refractivity (Wildman–Crippen MR) is 135 cm³/mol. The van der Waals surface area contributed by atoms with Gasteiger partial charge in [0.05, 0.1) is 30.4 Å². The first-order valence-electron chi connectivity index (χ1n) is 11.4. The quantitative estimate of drug-likeness (QED) is 0.506. The highest BCUT2D eigenvalue weighted by Crippen LogP contribution is 2.34. The lowest BCUT2D eigenvalue weighted by atomic mass is 10.0. The minimum absolute atomic E-state index is 0.215. The molecule has 8 heteroatoms. The molecule has 1 aromatic heterocycles. The van der Waals surface area contributed by atoms with Gasteiger partial charge in [-0.15, -0.1) is 0 Å². The normalized spacial score (nSPS) is 17.4. The fraction of sp³-hybridized carbons (Fsp3) is 0.269. The third kappa shape index (κ3) is 4.64. The summed E-state index contributed by atoms with van der Waals surface area (Å²) >= 11 is 1.42. The molecule has 0 saturated carbocycles. The largest absolute Gasteiger partial charge is 0.494 e. The molecule has 3 heterocycles. The summed E-state index contributed by atoms with van der Waals surface area (Å²) in [4.78, 5) is 19.8. The second kappa shape index (κ2) is 9.87. The number of aliphatic imine (C=N–C) groups is 1. The van der Waals surface area contributed by atoms with Crippen LogP contribution in [0, 0.1) is 6.92 Å². The van der Waals surface area contributed by atoms with Crippen molar-refractivity contribution in [2.75, 3.05) is 32.9 Å². The fourth-order valence-electron chi connectivity index (χ4n) is 3.97. The van der Waals surface area contributed by atoms with Gasteiger partial charge < -0.3 is 14.4 Å². The molecule has 2 aromatic carbocycles. The van der Waals surface area contributed by atoms with Crippen molar-refractivity contribution >= 4 is 28.9 Å². The summed E-state index contributed by atoms with van der Waals surface area (Å²) in [7, 11) is 0. The van der Waals surface area contributed by atoms with Crippen LogP contribution in [0.4, 0.5) is 0 Å². The van der Waals surface area contributed by atoms with Gasteiger partial charge in [0, 0.05) is 30.4 Å². The van der Waals surface area contributed by atoms with Crippen LogP contribution in [0.25, 0.3) is 23.0 Å². The second-order valence-electron chi connectivity index (χ2n) is 8.04. The van der Waals surface area contributed by atoms with Crippen LogP contribution in [0.1, 0.15) is 18.1 Å². The van der Waals surface area contributed by atoms with E-state index in [4.69, 9.17) is 14.6 Å². The Bertz CT molecular complexity index is 1260. The number of amidine groups is 1. The summed E-state index contributed by atoms with van der Waals surface area (Å²) in [5.74, 6) is 0.645. The van der Waals surface area contributed by atoms with Gasteiger partial charge in [-0.2, -0.15) is 10.1 Å². The van der Waals surface area contributed by atoms with Gasteiger partial charge in [0.2, 0.25) is 0 Å². The molecule has 7 nitrogen and oxygen atoms in total. The zero-order chi connectivity index (χ0) is 23.5. The van der Waals surface area contributed by atoms with Crippen LogP contribution < -0.4 is 4.74 Å². The number of thioether (sulfide) groups is 1. The predicted octanol–water partition coefficient (Wildman–Crippen LogP) is 4.55. The third-order valence-electron chi connectivity index (χ3n) is 5.69. The average molecular weight is 475 g/mol. The van der Waals surface area contributed by atoms with Crippen LogP contribution in [0.3, 0.4) is 0 Å². The molecule has 0 spiro atoms. The number of carbonyl (C=O) groups excluding carboxylic acids is 1. The highest BCUT2D eigenvalue weighted by molar-refractivity contribution is 8.18. The molecule has 2 aliphatic heterocycles. The van der Waals surface area contributed by atoms with E-state index in [2.05, 4.69) is 16.0 Å². The third-order valence-corrected chi connectivity index (χ3v) is 6.73. The first-order valence-corrected chi connectivity index (χ1v) is 12.2. The monoisotopic (exact) mass is 474 g/mol. The van der Waals surface area contributed by atoms with Gasteiger partial charge in [-0.1, -0.05) is 18.2 Å². The summed E-state index contributed by atoms with van der Waals surface area (Å²) in [5, 5.41) is 5.63. The molecule has 0 N–H and O–H groups in total. The fourth-order valence-corrected chi connectivity index (χ4v) is 4.93. The first-order chi connectivity index (χ1) is 16.6. The maximum absolute atomic E-state index is 12.7. The van der Waals surface area contributed by atoms with E-state index in [9.17, 15) is 4.79 Å². The Morgan fingerprint density at radius 3 is 2.68 bits per heavy atom. The molecular weight excluding hydrogens is 448 g/mol. The molecule has 1 saturated heterocycles. The average Bonchev–Trinajstić information content (AvgIpc) is 3.45. The van der Waals surface area contributed by atoms with Crippen molar-refractivity contribution in [2.24, 2.45) is 4.99 Å². The van der Waals surface area contributed by atoms with E-state index in [1.54, 1.807) is 0 Å². The molecule has 0 bridgehead atoms. The summed E-state index contributed by atoms with van der Waals surface area (Å²) in [6.07, 6.45) is 3.86. The summed E-state index contributed by atoms with van der Waals surface area (Å²) in [6, 6.07) is 16.0. The Kier molecular flexibility index (Phi) is 6.51. The van der Waals surface area contributed by atoms with Gasteiger partial charge in [0.25, 0.3) is 5.91 Å². The van der Waals surface area contributed by atoms with Crippen molar-refractivity contribution in [3.8, 4) is 22.7 Å². The lowest BCUT2D eigenvalue weighted by Gasteiger charge is -2.27. The molecule has 34 heavy (non-hydrogen) atoms. The van der Waals surface area contributed by atoms with Crippen molar-refractivity contribution in [2.45, 2.75) is 13.8 Å². The summed E-state index contributed by atoms with van der Waals surface area (Å²) in [6.45, 7) is 7.41. The molecule has 1 fully saturated rings. The second-order valence-corrected chi connectivity index (χ2v) is 9.05. The van der Waals surface area contributed by atoms with E-state index in [1.807, 2.05) is 73.3 Å². The van der Waals surface area contributed by atoms with E-state index >= 15 is 0 Å². The number of aromatic nitrogens is 2. The number of aryl methyl sites for hydroxylation is 1. The highest BCUT2D eigenvalue weighted by atomic mass is 32.2. The number of benzene rings is 2. The Labute approximate surface area is 203 Å². The lowest BCUT2D eigenvalue weighted by molar-refractivity contribution is -0.113. The van der Waals surface area contributed by atoms with E-state index < -0.39 is 0 Å². The SMILES string of the molecule is CCOc1ccc(-c2nn(-c3ccccc3)cc2C=C2SC(N3CCOCC3)=NC2=O)cc1C. The van der Waals surface area contributed by atoms with Crippen LogP contribution >= 0.6 is 11.8 Å². The van der Waals surface area contributed by atoms with Crippen LogP contribution in [-0.4, -0.2) is 58.7 Å². The van der Waals surface area contributed by atoms with Crippen LogP contribution in [0.15, 0.2) is 64.6 Å². The number of rotatable bonds is 5. The summed E-state index contributed by atoms with van der Waals surface area (Å²) < 4.78 is 13.0. The number of hydrogen-bond donors (Lipinski definition) is 0. The van der Waals surface area contributed by atoms with Crippen LogP contribution in [0.5, 0.6) is 5.75 Å². The van der Waals surface area contributed by atoms with Gasteiger partial charge >= 0.3 is 0 Å². The number of hydrogen-bond acceptors (Lipinski definition) is 6. The number of nitrogens with zero attached hydrogens (tertiary/aromatic N) is 4. The Morgan fingerprint density at radius 1 is 1.15 bits per heavy atom. The maximum atomic E-state index is 12.7. The molecular formula is C26H26N4O3S. The van der Waals surface area contributed by atoms with Gasteiger partial charge in [0.15, 0.2) is 5.17 Å².